The van der Waals surface area contributed by atoms with Gasteiger partial charge in [0, 0.05) is 6.92 Å². The minimum absolute atomic E-state index is 0.291. The van der Waals surface area contributed by atoms with Crippen LogP contribution in [0.4, 0.5) is 5.82 Å². The molecule has 0 atom stereocenters. The smallest absolute Gasteiger partial charge is 0.381 e. The average molecular weight is 215 g/mol. The summed E-state index contributed by atoms with van der Waals surface area (Å²) in [6.45, 7) is 2.53. The van der Waals surface area contributed by atoms with Gasteiger partial charge >= 0.3 is 5.82 Å². The van der Waals surface area contributed by atoms with Crippen molar-refractivity contribution < 1.29 is 15.1 Å². The van der Waals surface area contributed by atoms with Crippen molar-refractivity contribution in [1.82, 2.24) is 9.55 Å². The van der Waals surface area contributed by atoms with Crippen molar-refractivity contribution in [1.29, 1.82) is 0 Å². The third-order valence-corrected chi connectivity index (χ3v) is 2.32. The van der Waals surface area contributed by atoms with Crippen LogP contribution in [0.3, 0.4) is 0 Å². The van der Waals surface area contributed by atoms with E-state index in [9.17, 15) is 10.1 Å². The van der Waals surface area contributed by atoms with Crippen LogP contribution in [0.1, 0.15) is 12.7 Å². The molecule has 0 aromatic carbocycles. The van der Waals surface area contributed by atoms with Gasteiger partial charge in [-0.1, -0.05) is 0 Å². The third-order valence-electron chi connectivity index (χ3n) is 2.32. The summed E-state index contributed by atoms with van der Waals surface area (Å²) < 4.78 is 1.41. The lowest BCUT2D eigenvalue weighted by Crippen LogP contribution is -2.38. The van der Waals surface area contributed by atoms with Crippen LogP contribution in [0.2, 0.25) is 0 Å². The molecular formula is C8H13N3O4. The van der Waals surface area contributed by atoms with Crippen molar-refractivity contribution in [3.8, 4) is 0 Å². The summed E-state index contributed by atoms with van der Waals surface area (Å²) in [5.41, 5.74) is -0.967. The van der Waals surface area contributed by atoms with Gasteiger partial charge in [0.15, 0.2) is 0 Å². The summed E-state index contributed by atoms with van der Waals surface area (Å²) in [4.78, 5) is 13.6. The molecule has 0 aliphatic heterocycles. The third kappa shape index (κ3) is 1.97. The zero-order valence-electron chi connectivity index (χ0n) is 8.54. The molecule has 1 rings (SSSR count). The highest BCUT2D eigenvalue weighted by Crippen LogP contribution is 2.20. The molecule has 0 aliphatic carbocycles. The fourth-order valence-corrected chi connectivity index (χ4v) is 1.29. The number of hydrogen-bond acceptors (Lipinski definition) is 5. The van der Waals surface area contributed by atoms with Crippen LogP contribution in [0.25, 0.3) is 0 Å². The molecule has 7 nitrogen and oxygen atoms in total. The molecule has 0 aliphatic rings. The second-order valence-corrected chi connectivity index (χ2v) is 3.59. The number of hydrogen-bond donors (Lipinski definition) is 2. The van der Waals surface area contributed by atoms with Crippen LogP contribution in [0.5, 0.6) is 0 Å². The van der Waals surface area contributed by atoms with Gasteiger partial charge in [-0.05, 0) is 16.8 Å². The van der Waals surface area contributed by atoms with Crippen LogP contribution >= 0.6 is 0 Å². The second kappa shape index (κ2) is 3.95. The van der Waals surface area contributed by atoms with Crippen molar-refractivity contribution in [2.45, 2.75) is 19.4 Å². The van der Waals surface area contributed by atoms with Crippen LogP contribution in [-0.2, 0) is 5.54 Å². The van der Waals surface area contributed by atoms with E-state index in [0.717, 1.165) is 0 Å². The van der Waals surface area contributed by atoms with Crippen molar-refractivity contribution in [3.63, 3.8) is 0 Å². The molecule has 0 unspecified atom stereocenters. The van der Waals surface area contributed by atoms with E-state index in [1.54, 1.807) is 13.8 Å². The Hall–Kier alpha value is -1.47. The molecule has 1 aromatic heterocycles. The summed E-state index contributed by atoms with van der Waals surface area (Å²) in [6, 6.07) is 0. The molecule has 0 radical (unpaired) electrons. The molecule has 2 N–H and O–H groups in total. The first-order chi connectivity index (χ1) is 6.94. The first-order valence-corrected chi connectivity index (χ1v) is 4.37. The van der Waals surface area contributed by atoms with E-state index in [-0.39, 0.29) is 19.0 Å². The number of nitrogens with zero attached hydrogens (tertiary/aromatic N) is 3. The standard InChI is InChI=1S/C8H13N3O4/c1-6-9-7(11(14)15)3-10(6)8(2,4-12)5-13/h3,12-13H,4-5H2,1-2H3. The highest BCUT2D eigenvalue weighted by Gasteiger charge is 2.30. The molecule has 0 amide bonds. The van der Waals surface area contributed by atoms with E-state index in [1.807, 2.05) is 0 Å². The lowest BCUT2D eigenvalue weighted by Gasteiger charge is -2.26. The molecule has 15 heavy (non-hydrogen) atoms. The van der Waals surface area contributed by atoms with Gasteiger partial charge < -0.3 is 20.3 Å². The Bertz CT molecular complexity index is 370. The topological polar surface area (TPSA) is 101 Å². The van der Waals surface area contributed by atoms with E-state index in [4.69, 9.17) is 10.2 Å². The summed E-state index contributed by atoms with van der Waals surface area (Å²) in [5, 5.41) is 28.7. The van der Waals surface area contributed by atoms with Crippen molar-refractivity contribution in [2.24, 2.45) is 0 Å². The van der Waals surface area contributed by atoms with Crippen LogP contribution in [-0.4, -0.2) is 37.9 Å². The number of aryl methyl sites for hydroxylation is 1. The van der Waals surface area contributed by atoms with Crippen LogP contribution in [0.15, 0.2) is 6.20 Å². The molecule has 0 bridgehead atoms. The SMILES string of the molecule is Cc1nc([N+](=O)[O-])cn1C(C)(CO)CO. The van der Waals surface area contributed by atoms with Crippen LogP contribution < -0.4 is 0 Å². The Morgan fingerprint density at radius 1 is 1.60 bits per heavy atom. The number of aliphatic hydroxyl groups excluding tert-OH is 2. The Labute approximate surface area is 86.1 Å². The van der Waals surface area contributed by atoms with Gasteiger partial charge in [0.25, 0.3) is 0 Å². The zero-order chi connectivity index (χ0) is 11.6. The van der Waals surface area contributed by atoms with Gasteiger partial charge in [0.1, 0.15) is 6.20 Å². The van der Waals surface area contributed by atoms with Gasteiger partial charge in [0.2, 0.25) is 5.82 Å². The highest BCUT2D eigenvalue weighted by atomic mass is 16.6. The predicted molar refractivity (Wildman–Crippen MR) is 51.4 cm³/mol. The van der Waals surface area contributed by atoms with Crippen molar-refractivity contribution in [3.05, 3.63) is 22.1 Å². The zero-order valence-corrected chi connectivity index (χ0v) is 8.54. The van der Waals surface area contributed by atoms with Gasteiger partial charge in [0.05, 0.1) is 18.8 Å². The number of aromatic nitrogens is 2. The fraction of sp³-hybridized carbons (Fsp3) is 0.625. The molecule has 7 heteroatoms. The number of rotatable bonds is 4. The maximum atomic E-state index is 10.5. The molecule has 84 valence electrons. The number of imidazole rings is 1. The number of aliphatic hydroxyl groups is 2. The fourth-order valence-electron chi connectivity index (χ4n) is 1.29. The monoisotopic (exact) mass is 215 g/mol. The van der Waals surface area contributed by atoms with E-state index >= 15 is 0 Å². The lowest BCUT2D eigenvalue weighted by molar-refractivity contribution is -0.389. The second-order valence-electron chi connectivity index (χ2n) is 3.59. The van der Waals surface area contributed by atoms with E-state index in [1.165, 1.54) is 10.8 Å². The maximum Gasteiger partial charge on any atom is 0.381 e. The Balaban J connectivity index is 3.19. The van der Waals surface area contributed by atoms with E-state index < -0.39 is 10.5 Å². The average Bonchev–Trinajstić information content (AvgIpc) is 2.60. The number of nitro groups is 1. The van der Waals surface area contributed by atoms with Gasteiger partial charge in [-0.3, -0.25) is 4.57 Å². The normalized spacial score (nSPS) is 11.7. The molecular weight excluding hydrogens is 202 g/mol. The molecule has 1 heterocycles. The summed E-state index contributed by atoms with van der Waals surface area (Å²) in [7, 11) is 0. The van der Waals surface area contributed by atoms with Gasteiger partial charge in [-0.15, -0.1) is 0 Å². The molecule has 1 aromatic rings. The van der Waals surface area contributed by atoms with Crippen molar-refractivity contribution in [2.75, 3.05) is 13.2 Å². The summed E-state index contributed by atoms with van der Waals surface area (Å²) in [6.07, 6.45) is 1.21. The predicted octanol–water partition coefficient (Wildman–Crippen LogP) is -0.200. The quantitative estimate of drug-likeness (QED) is 0.535. The minimum atomic E-state index is -0.967. The van der Waals surface area contributed by atoms with Crippen LogP contribution in [0, 0.1) is 17.0 Å². The Kier molecular flexibility index (Phi) is 3.06. The summed E-state index contributed by atoms with van der Waals surface area (Å²) in [5.74, 6) is 0.0907. The molecule has 0 spiro atoms. The van der Waals surface area contributed by atoms with Gasteiger partial charge in [-0.2, -0.15) is 0 Å². The molecule has 0 fully saturated rings. The lowest BCUT2D eigenvalue weighted by atomic mass is 10.1. The largest absolute Gasteiger partial charge is 0.394 e. The van der Waals surface area contributed by atoms with E-state index in [0.29, 0.717) is 5.82 Å². The molecule has 0 saturated carbocycles. The first-order valence-electron chi connectivity index (χ1n) is 4.37. The maximum absolute atomic E-state index is 10.5. The Morgan fingerprint density at radius 2 is 2.13 bits per heavy atom. The molecule has 0 saturated heterocycles. The highest BCUT2D eigenvalue weighted by molar-refractivity contribution is 5.18. The Morgan fingerprint density at radius 3 is 2.47 bits per heavy atom. The van der Waals surface area contributed by atoms with Crippen molar-refractivity contribution >= 4 is 5.82 Å². The van der Waals surface area contributed by atoms with Gasteiger partial charge in [-0.25, -0.2) is 0 Å². The first kappa shape index (κ1) is 11.6. The minimum Gasteiger partial charge on any atom is -0.394 e. The summed E-state index contributed by atoms with van der Waals surface area (Å²) >= 11 is 0. The van der Waals surface area contributed by atoms with E-state index in [2.05, 4.69) is 4.98 Å².